The van der Waals surface area contributed by atoms with E-state index >= 15 is 0 Å². The van der Waals surface area contributed by atoms with Crippen LogP contribution in [0.2, 0.25) is 0 Å². The Morgan fingerprint density at radius 3 is 2.56 bits per heavy atom. The van der Waals surface area contributed by atoms with E-state index in [1.54, 1.807) is 0 Å². The van der Waals surface area contributed by atoms with Crippen molar-refractivity contribution in [1.82, 2.24) is 0 Å². The fraction of sp³-hybridized carbons (Fsp3) is 0.231. The van der Waals surface area contributed by atoms with Crippen LogP contribution in [0.3, 0.4) is 0 Å². The number of aryl methyl sites for hydroxylation is 1. The van der Waals surface area contributed by atoms with Crippen LogP contribution in [0.1, 0.15) is 11.3 Å². The zero-order valence-corrected chi connectivity index (χ0v) is 9.27. The van der Waals surface area contributed by atoms with E-state index in [9.17, 15) is 0 Å². The van der Waals surface area contributed by atoms with Gasteiger partial charge in [-0.25, -0.2) is 5.90 Å². The fourth-order valence-corrected chi connectivity index (χ4v) is 1.54. The summed E-state index contributed by atoms with van der Waals surface area (Å²) in [5, 5.41) is 0. The van der Waals surface area contributed by atoms with Crippen molar-refractivity contribution < 1.29 is 9.25 Å². The Hall–Kier alpha value is -1.58. The minimum Gasteiger partial charge on any atom is -0.461 e. The smallest absolute Gasteiger partial charge is 0.134 e. The number of benzene rings is 1. The molecule has 0 aliphatic carbocycles. The molecule has 3 nitrogen and oxygen atoms in total. The lowest BCUT2D eigenvalue weighted by atomic mass is 10.1. The van der Waals surface area contributed by atoms with Gasteiger partial charge < -0.3 is 9.25 Å². The molecule has 0 spiro atoms. The first-order chi connectivity index (χ1) is 7.79. The second-order valence-electron chi connectivity index (χ2n) is 3.75. The molecule has 0 amide bonds. The Morgan fingerprint density at radius 1 is 1.12 bits per heavy atom. The van der Waals surface area contributed by atoms with Crippen molar-refractivity contribution in [1.29, 1.82) is 0 Å². The predicted octanol–water partition coefficient (Wildman–Crippen LogP) is 2.69. The van der Waals surface area contributed by atoms with E-state index in [4.69, 9.17) is 10.3 Å². The van der Waals surface area contributed by atoms with Crippen LogP contribution < -0.4 is 5.90 Å². The molecule has 0 aliphatic heterocycles. The summed E-state index contributed by atoms with van der Waals surface area (Å²) < 4.78 is 5.68. The molecule has 2 rings (SSSR count). The quantitative estimate of drug-likeness (QED) is 0.801. The highest BCUT2D eigenvalue weighted by Crippen LogP contribution is 2.22. The summed E-state index contributed by atoms with van der Waals surface area (Å²) in [5.41, 5.74) is 2.33. The van der Waals surface area contributed by atoms with Crippen molar-refractivity contribution in [3.63, 3.8) is 0 Å². The second kappa shape index (κ2) is 4.96. The standard InChI is InChI=1S/C13H15NO2/c1-10-2-4-11(5-3-10)13-7-6-12(16-13)8-9-15-14/h2-7H,8-9,14H2,1H3. The molecule has 0 fully saturated rings. The summed E-state index contributed by atoms with van der Waals surface area (Å²) in [7, 11) is 0. The molecule has 16 heavy (non-hydrogen) atoms. The fourth-order valence-electron chi connectivity index (χ4n) is 1.54. The molecule has 1 heterocycles. The minimum absolute atomic E-state index is 0.473. The van der Waals surface area contributed by atoms with Gasteiger partial charge in [0.05, 0.1) is 6.61 Å². The van der Waals surface area contributed by atoms with E-state index < -0.39 is 0 Å². The average molecular weight is 217 g/mol. The average Bonchev–Trinajstić information content (AvgIpc) is 2.76. The van der Waals surface area contributed by atoms with Gasteiger partial charge in [0.2, 0.25) is 0 Å². The van der Waals surface area contributed by atoms with Crippen LogP contribution in [0.5, 0.6) is 0 Å². The van der Waals surface area contributed by atoms with Crippen LogP contribution in [-0.2, 0) is 11.3 Å². The third-order valence-electron chi connectivity index (χ3n) is 2.46. The molecule has 0 radical (unpaired) electrons. The Kier molecular flexibility index (Phi) is 3.39. The number of nitrogens with two attached hydrogens (primary N) is 1. The molecule has 0 aliphatic rings. The first-order valence-electron chi connectivity index (χ1n) is 5.27. The second-order valence-corrected chi connectivity index (χ2v) is 3.75. The molecule has 0 unspecified atom stereocenters. The number of furan rings is 1. The minimum atomic E-state index is 0.473. The highest BCUT2D eigenvalue weighted by atomic mass is 16.6. The Morgan fingerprint density at radius 2 is 1.88 bits per heavy atom. The van der Waals surface area contributed by atoms with Crippen LogP contribution in [0.25, 0.3) is 11.3 Å². The molecule has 0 atom stereocenters. The van der Waals surface area contributed by atoms with Gasteiger partial charge >= 0.3 is 0 Å². The van der Waals surface area contributed by atoms with Crippen LogP contribution in [-0.4, -0.2) is 6.61 Å². The molecule has 0 bridgehead atoms. The van der Waals surface area contributed by atoms with Gasteiger partial charge in [-0.3, -0.25) is 0 Å². The van der Waals surface area contributed by atoms with E-state index in [-0.39, 0.29) is 0 Å². The monoisotopic (exact) mass is 217 g/mol. The molecule has 0 saturated heterocycles. The predicted molar refractivity (Wildman–Crippen MR) is 62.7 cm³/mol. The first kappa shape index (κ1) is 10.9. The SMILES string of the molecule is Cc1ccc(-c2ccc(CCON)o2)cc1. The maximum absolute atomic E-state index is 5.68. The lowest BCUT2D eigenvalue weighted by Crippen LogP contribution is -2.02. The maximum Gasteiger partial charge on any atom is 0.134 e. The van der Waals surface area contributed by atoms with Gasteiger partial charge in [0.25, 0.3) is 0 Å². The largest absolute Gasteiger partial charge is 0.461 e. The Bertz CT molecular complexity index is 445. The molecule has 2 aromatic rings. The summed E-state index contributed by atoms with van der Waals surface area (Å²) in [4.78, 5) is 4.52. The van der Waals surface area contributed by atoms with Crippen LogP contribution in [0.15, 0.2) is 40.8 Å². The molecule has 2 N–H and O–H groups in total. The van der Waals surface area contributed by atoms with Gasteiger partial charge in [-0.2, -0.15) is 0 Å². The summed E-state index contributed by atoms with van der Waals surface area (Å²) in [6, 6.07) is 12.2. The lowest BCUT2D eigenvalue weighted by Gasteiger charge is -1.98. The highest BCUT2D eigenvalue weighted by Gasteiger charge is 2.04. The molecule has 1 aromatic heterocycles. The summed E-state index contributed by atoms with van der Waals surface area (Å²) in [5.74, 6) is 6.74. The summed E-state index contributed by atoms with van der Waals surface area (Å²) in [6.45, 7) is 2.54. The van der Waals surface area contributed by atoms with Crippen molar-refractivity contribution in [2.45, 2.75) is 13.3 Å². The summed E-state index contributed by atoms with van der Waals surface area (Å²) >= 11 is 0. The summed E-state index contributed by atoms with van der Waals surface area (Å²) in [6.07, 6.45) is 0.697. The number of hydrogen-bond acceptors (Lipinski definition) is 3. The zero-order valence-electron chi connectivity index (χ0n) is 9.27. The van der Waals surface area contributed by atoms with E-state index in [2.05, 4.69) is 36.0 Å². The highest BCUT2D eigenvalue weighted by molar-refractivity contribution is 5.57. The van der Waals surface area contributed by atoms with Crippen LogP contribution >= 0.6 is 0 Å². The van der Waals surface area contributed by atoms with E-state index in [1.807, 2.05) is 12.1 Å². The van der Waals surface area contributed by atoms with Crippen LogP contribution in [0.4, 0.5) is 0 Å². The van der Waals surface area contributed by atoms with E-state index in [1.165, 1.54) is 5.56 Å². The molecule has 0 saturated carbocycles. The van der Waals surface area contributed by atoms with Gasteiger partial charge in [-0.1, -0.05) is 29.8 Å². The van der Waals surface area contributed by atoms with Gasteiger partial charge in [0.15, 0.2) is 0 Å². The number of hydrogen-bond donors (Lipinski definition) is 1. The van der Waals surface area contributed by atoms with Gasteiger partial charge in [-0.15, -0.1) is 0 Å². The van der Waals surface area contributed by atoms with Gasteiger partial charge in [0, 0.05) is 12.0 Å². The third-order valence-corrected chi connectivity index (χ3v) is 2.46. The van der Waals surface area contributed by atoms with Gasteiger partial charge in [0.1, 0.15) is 11.5 Å². The van der Waals surface area contributed by atoms with E-state index in [0.29, 0.717) is 13.0 Å². The van der Waals surface area contributed by atoms with Crippen molar-refractivity contribution in [2.24, 2.45) is 5.90 Å². The Balaban J connectivity index is 2.15. The molecule has 3 heteroatoms. The normalized spacial score (nSPS) is 10.6. The third kappa shape index (κ3) is 2.51. The van der Waals surface area contributed by atoms with Crippen molar-refractivity contribution in [3.05, 3.63) is 47.7 Å². The van der Waals surface area contributed by atoms with Crippen molar-refractivity contribution >= 4 is 0 Å². The topological polar surface area (TPSA) is 48.4 Å². The molecule has 1 aromatic carbocycles. The van der Waals surface area contributed by atoms with Crippen molar-refractivity contribution in [3.8, 4) is 11.3 Å². The Labute approximate surface area is 94.8 Å². The van der Waals surface area contributed by atoms with Gasteiger partial charge in [-0.05, 0) is 19.1 Å². The zero-order chi connectivity index (χ0) is 11.4. The number of rotatable bonds is 4. The molecular formula is C13H15NO2. The molecular weight excluding hydrogens is 202 g/mol. The maximum atomic E-state index is 5.68. The first-order valence-corrected chi connectivity index (χ1v) is 5.27. The van der Waals surface area contributed by atoms with Crippen molar-refractivity contribution in [2.75, 3.05) is 6.61 Å². The van der Waals surface area contributed by atoms with Crippen LogP contribution in [0, 0.1) is 6.92 Å². The molecule has 84 valence electrons. The van der Waals surface area contributed by atoms with E-state index in [0.717, 1.165) is 17.1 Å². The lowest BCUT2D eigenvalue weighted by molar-refractivity contribution is 0.137.